The second-order valence-electron chi connectivity index (χ2n) is 6.61. The first-order valence-corrected chi connectivity index (χ1v) is 9.89. The molecular formula is C20H19FN4O2S. The first-order chi connectivity index (χ1) is 13.6. The minimum atomic E-state index is -0.406. The molecule has 3 heterocycles. The molecule has 144 valence electrons. The lowest BCUT2D eigenvalue weighted by Gasteiger charge is -2.16. The molecule has 1 aliphatic heterocycles. The standard InChI is InChI=1S/C20H19FN4O2S/c21-15-3-5-16(6-4-15)25-13-14(12-19(25)26)20(27)22-8-10-24-9-7-17(23-24)18-2-1-11-28-18/h1-7,9,11,14H,8,10,12-13H2,(H,22,27)/t14-/m0/s1. The van der Waals surface area contributed by atoms with Crippen LogP contribution in [0.15, 0.2) is 54.0 Å². The number of halogens is 1. The summed E-state index contributed by atoms with van der Waals surface area (Å²) in [5.41, 5.74) is 1.53. The first-order valence-electron chi connectivity index (χ1n) is 9.01. The zero-order chi connectivity index (χ0) is 19.5. The minimum absolute atomic E-state index is 0.126. The molecule has 4 rings (SSSR count). The molecule has 2 amide bonds. The largest absolute Gasteiger partial charge is 0.354 e. The summed E-state index contributed by atoms with van der Waals surface area (Å²) >= 11 is 1.63. The molecule has 1 aliphatic rings. The third-order valence-corrected chi connectivity index (χ3v) is 5.58. The van der Waals surface area contributed by atoms with Crippen LogP contribution in [-0.2, 0) is 16.1 Å². The summed E-state index contributed by atoms with van der Waals surface area (Å²) in [6.45, 7) is 1.30. The Morgan fingerprint density at radius 2 is 2.07 bits per heavy atom. The molecule has 2 aromatic heterocycles. The number of carbonyl (C=O) groups excluding carboxylic acids is 2. The monoisotopic (exact) mass is 398 g/mol. The lowest BCUT2D eigenvalue weighted by Crippen LogP contribution is -2.34. The van der Waals surface area contributed by atoms with E-state index < -0.39 is 5.92 Å². The Hall–Kier alpha value is -3.00. The van der Waals surface area contributed by atoms with Gasteiger partial charge in [0.2, 0.25) is 11.8 Å². The third kappa shape index (κ3) is 3.96. The van der Waals surface area contributed by atoms with Gasteiger partial charge in [0.15, 0.2) is 0 Å². The maximum atomic E-state index is 13.1. The Morgan fingerprint density at radius 3 is 2.82 bits per heavy atom. The van der Waals surface area contributed by atoms with Crippen molar-refractivity contribution < 1.29 is 14.0 Å². The van der Waals surface area contributed by atoms with Crippen molar-refractivity contribution >= 4 is 28.8 Å². The molecule has 28 heavy (non-hydrogen) atoms. The molecule has 8 heteroatoms. The molecule has 0 bridgehead atoms. The molecule has 0 saturated carbocycles. The van der Waals surface area contributed by atoms with Gasteiger partial charge in [-0.25, -0.2) is 4.39 Å². The summed E-state index contributed by atoms with van der Waals surface area (Å²) in [6, 6.07) is 11.7. The maximum Gasteiger partial charge on any atom is 0.227 e. The van der Waals surface area contributed by atoms with Crippen LogP contribution >= 0.6 is 11.3 Å². The van der Waals surface area contributed by atoms with Crippen LogP contribution in [0.4, 0.5) is 10.1 Å². The van der Waals surface area contributed by atoms with Crippen LogP contribution in [0.2, 0.25) is 0 Å². The van der Waals surface area contributed by atoms with Crippen LogP contribution in [0.25, 0.3) is 10.6 Å². The number of nitrogens with zero attached hydrogens (tertiary/aromatic N) is 3. The second kappa shape index (κ2) is 7.93. The highest BCUT2D eigenvalue weighted by Gasteiger charge is 2.34. The predicted octanol–water partition coefficient (Wildman–Crippen LogP) is 2.92. The molecule has 1 fully saturated rings. The number of thiophene rings is 1. The van der Waals surface area contributed by atoms with Gasteiger partial charge in [0.25, 0.3) is 0 Å². The number of hydrogen-bond donors (Lipinski definition) is 1. The number of aromatic nitrogens is 2. The van der Waals surface area contributed by atoms with E-state index in [1.54, 1.807) is 28.2 Å². The van der Waals surface area contributed by atoms with Gasteiger partial charge in [-0.3, -0.25) is 14.3 Å². The average Bonchev–Trinajstić information content (AvgIpc) is 3.43. The summed E-state index contributed by atoms with van der Waals surface area (Å²) < 4.78 is 14.9. The maximum absolute atomic E-state index is 13.1. The van der Waals surface area contributed by atoms with Crippen molar-refractivity contribution in [2.45, 2.75) is 13.0 Å². The van der Waals surface area contributed by atoms with Crippen LogP contribution < -0.4 is 10.2 Å². The highest BCUT2D eigenvalue weighted by molar-refractivity contribution is 7.13. The van der Waals surface area contributed by atoms with Gasteiger partial charge in [0.1, 0.15) is 11.5 Å². The topological polar surface area (TPSA) is 67.2 Å². The number of hydrogen-bond acceptors (Lipinski definition) is 4. The van der Waals surface area contributed by atoms with Gasteiger partial charge in [-0.15, -0.1) is 11.3 Å². The molecule has 1 saturated heterocycles. The van der Waals surface area contributed by atoms with E-state index >= 15 is 0 Å². The van der Waals surface area contributed by atoms with Gasteiger partial charge in [0, 0.05) is 31.4 Å². The summed E-state index contributed by atoms with van der Waals surface area (Å²) in [6.07, 6.45) is 2.05. The molecule has 0 radical (unpaired) electrons. The van der Waals surface area contributed by atoms with Crippen molar-refractivity contribution in [1.82, 2.24) is 15.1 Å². The zero-order valence-corrected chi connectivity index (χ0v) is 15.9. The van der Waals surface area contributed by atoms with Crippen molar-refractivity contribution in [3.05, 3.63) is 59.9 Å². The predicted molar refractivity (Wildman–Crippen MR) is 105 cm³/mol. The quantitative estimate of drug-likeness (QED) is 0.694. The molecule has 6 nitrogen and oxygen atoms in total. The summed E-state index contributed by atoms with van der Waals surface area (Å²) in [7, 11) is 0. The van der Waals surface area contributed by atoms with Crippen molar-refractivity contribution in [1.29, 1.82) is 0 Å². The zero-order valence-electron chi connectivity index (χ0n) is 15.0. The van der Waals surface area contributed by atoms with E-state index in [9.17, 15) is 14.0 Å². The van der Waals surface area contributed by atoms with Gasteiger partial charge in [0.05, 0.1) is 17.3 Å². The lowest BCUT2D eigenvalue weighted by molar-refractivity contribution is -0.126. The SMILES string of the molecule is O=C(NCCn1ccc(-c2cccs2)n1)[C@H]1CC(=O)N(c2ccc(F)cc2)C1. The van der Waals surface area contributed by atoms with E-state index in [4.69, 9.17) is 0 Å². The number of nitrogens with one attached hydrogen (secondary N) is 1. The molecular weight excluding hydrogens is 379 g/mol. The fraction of sp³-hybridized carbons (Fsp3) is 0.250. The van der Waals surface area contributed by atoms with E-state index in [-0.39, 0.29) is 24.1 Å². The number of amides is 2. The molecule has 1 aromatic carbocycles. The van der Waals surface area contributed by atoms with E-state index in [1.807, 2.05) is 29.8 Å². The second-order valence-corrected chi connectivity index (χ2v) is 7.56. The van der Waals surface area contributed by atoms with E-state index in [1.165, 1.54) is 17.0 Å². The Kier molecular flexibility index (Phi) is 5.21. The van der Waals surface area contributed by atoms with Crippen LogP contribution in [0.1, 0.15) is 6.42 Å². The fourth-order valence-corrected chi connectivity index (χ4v) is 3.92. The van der Waals surface area contributed by atoms with Crippen LogP contribution in [-0.4, -0.2) is 34.7 Å². The molecule has 0 unspecified atom stereocenters. The highest BCUT2D eigenvalue weighted by atomic mass is 32.1. The first kappa shape index (κ1) is 18.4. The third-order valence-electron chi connectivity index (χ3n) is 4.69. The molecule has 1 N–H and O–H groups in total. The Morgan fingerprint density at radius 1 is 1.25 bits per heavy atom. The molecule has 0 aliphatic carbocycles. The summed E-state index contributed by atoms with van der Waals surface area (Å²) in [5, 5.41) is 9.39. The van der Waals surface area contributed by atoms with Crippen LogP contribution in [0.5, 0.6) is 0 Å². The summed E-state index contributed by atoms with van der Waals surface area (Å²) in [5.74, 6) is -1.04. The number of benzene rings is 1. The van der Waals surface area contributed by atoms with Crippen molar-refractivity contribution in [3.8, 4) is 10.6 Å². The number of carbonyl (C=O) groups is 2. The minimum Gasteiger partial charge on any atom is -0.354 e. The Balaban J connectivity index is 1.28. The smallest absolute Gasteiger partial charge is 0.227 e. The normalized spacial score (nSPS) is 16.5. The highest BCUT2D eigenvalue weighted by Crippen LogP contribution is 2.25. The molecule has 0 spiro atoms. The van der Waals surface area contributed by atoms with Gasteiger partial charge < -0.3 is 10.2 Å². The molecule has 3 aromatic rings. The van der Waals surface area contributed by atoms with Crippen LogP contribution in [0, 0.1) is 11.7 Å². The van der Waals surface area contributed by atoms with Gasteiger partial charge in [-0.2, -0.15) is 5.10 Å². The van der Waals surface area contributed by atoms with Crippen molar-refractivity contribution in [3.63, 3.8) is 0 Å². The average molecular weight is 398 g/mol. The number of rotatable bonds is 6. The Bertz CT molecular complexity index is 969. The summed E-state index contributed by atoms with van der Waals surface area (Å²) in [4.78, 5) is 27.3. The van der Waals surface area contributed by atoms with Crippen molar-refractivity contribution in [2.24, 2.45) is 5.92 Å². The van der Waals surface area contributed by atoms with Gasteiger partial charge >= 0.3 is 0 Å². The van der Waals surface area contributed by atoms with E-state index in [2.05, 4.69) is 10.4 Å². The Labute approximate surface area is 165 Å². The van der Waals surface area contributed by atoms with E-state index in [0.29, 0.717) is 25.3 Å². The number of anilines is 1. The van der Waals surface area contributed by atoms with Gasteiger partial charge in [-0.05, 0) is 41.8 Å². The van der Waals surface area contributed by atoms with E-state index in [0.717, 1.165) is 10.6 Å². The van der Waals surface area contributed by atoms with Crippen LogP contribution in [0.3, 0.4) is 0 Å². The molecule has 1 atom stereocenters. The lowest BCUT2D eigenvalue weighted by atomic mass is 10.1. The van der Waals surface area contributed by atoms with Crippen molar-refractivity contribution in [2.75, 3.05) is 18.0 Å². The van der Waals surface area contributed by atoms with Gasteiger partial charge in [-0.1, -0.05) is 6.07 Å². The fourth-order valence-electron chi connectivity index (χ4n) is 3.23.